The Morgan fingerprint density at radius 3 is 2.64 bits per heavy atom. The van der Waals surface area contributed by atoms with Crippen LogP contribution in [0, 0.1) is 19.8 Å². The number of ether oxygens (including phenoxy) is 2. The Balaban J connectivity index is 1.96. The van der Waals surface area contributed by atoms with Crippen LogP contribution < -0.4 is 14.8 Å². The number of hydrogen-bond donors (Lipinski definition) is 2. The first kappa shape index (κ1) is 25.0. The van der Waals surface area contributed by atoms with Gasteiger partial charge in [0.05, 0.1) is 11.7 Å². The number of aryl methyl sites for hydroxylation is 2. The number of hydrogen-bond acceptors (Lipinski definition) is 8. The Labute approximate surface area is 194 Å². The van der Waals surface area contributed by atoms with Gasteiger partial charge >= 0.3 is 0 Å². The summed E-state index contributed by atoms with van der Waals surface area (Å²) in [6, 6.07) is 4.69. The van der Waals surface area contributed by atoms with Crippen LogP contribution in [0.1, 0.15) is 35.7 Å². The van der Waals surface area contributed by atoms with Crippen LogP contribution in [-0.4, -0.2) is 70.4 Å². The average Bonchev–Trinajstić information content (AvgIpc) is 3.11. The molecule has 2 aromatic rings. The van der Waals surface area contributed by atoms with Crippen LogP contribution >= 0.6 is 0 Å². The van der Waals surface area contributed by atoms with Gasteiger partial charge in [-0.25, -0.2) is 8.42 Å². The molecule has 1 aliphatic heterocycles. The average molecular weight is 481 g/mol. The van der Waals surface area contributed by atoms with Crippen LogP contribution in [0.4, 0.5) is 5.69 Å². The zero-order valence-corrected chi connectivity index (χ0v) is 20.7. The minimum atomic E-state index is -3.96. The number of benzene rings is 1. The first-order chi connectivity index (χ1) is 15.5. The smallest absolute Gasteiger partial charge is 0.267 e. The van der Waals surface area contributed by atoms with Crippen molar-refractivity contribution in [2.24, 2.45) is 5.92 Å². The van der Waals surface area contributed by atoms with Gasteiger partial charge in [-0.1, -0.05) is 12.1 Å². The highest BCUT2D eigenvalue weighted by atomic mass is 32.2. The third-order valence-electron chi connectivity index (χ3n) is 5.71. The van der Waals surface area contributed by atoms with Crippen molar-refractivity contribution < 1.29 is 27.2 Å². The van der Waals surface area contributed by atoms with Crippen LogP contribution in [0.2, 0.25) is 0 Å². The van der Waals surface area contributed by atoms with Gasteiger partial charge < -0.3 is 24.2 Å². The molecule has 0 radical (unpaired) electrons. The van der Waals surface area contributed by atoms with Crippen LogP contribution in [0.15, 0.2) is 27.6 Å². The molecule has 3 rings (SSSR count). The molecule has 0 saturated heterocycles. The van der Waals surface area contributed by atoms with Crippen molar-refractivity contribution in [3.8, 4) is 5.75 Å². The number of amides is 1. The van der Waals surface area contributed by atoms with E-state index in [1.54, 1.807) is 38.1 Å². The van der Waals surface area contributed by atoms with Gasteiger partial charge in [-0.05, 0) is 44.9 Å². The topological polar surface area (TPSA) is 123 Å². The highest BCUT2D eigenvalue weighted by Crippen LogP contribution is 2.28. The minimum Gasteiger partial charge on any atom is -0.491 e. The van der Waals surface area contributed by atoms with Gasteiger partial charge in [-0.15, -0.1) is 0 Å². The summed E-state index contributed by atoms with van der Waals surface area (Å²) >= 11 is 0. The lowest BCUT2D eigenvalue weighted by atomic mass is 10.0. The molecule has 1 aliphatic rings. The molecule has 33 heavy (non-hydrogen) atoms. The number of anilines is 1. The van der Waals surface area contributed by atoms with Crippen molar-refractivity contribution in [3.63, 3.8) is 0 Å². The largest absolute Gasteiger partial charge is 0.491 e. The van der Waals surface area contributed by atoms with Crippen molar-refractivity contribution in [3.05, 3.63) is 35.2 Å². The number of methoxy groups -OCH3 is 1. The highest BCUT2D eigenvalue weighted by molar-refractivity contribution is 7.92. The predicted molar refractivity (Wildman–Crippen MR) is 123 cm³/mol. The standard InChI is InChI=1S/C22H32N4O6S/c1-13-10-23-14(2)12-31-19-8-7-17(9-18(19)22(27)26(5)11-20(13)30-6)25-33(28,29)21-15(3)24-32-16(21)4/h7-9,13-14,20,23,25H,10-12H2,1-6H3/t13-,14+,20-/m1/s1. The first-order valence-electron chi connectivity index (χ1n) is 10.8. The SMILES string of the molecule is CO[C@@H]1CN(C)C(=O)c2cc(NS(=O)(=O)c3c(C)noc3C)ccc2OC[C@H](C)NC[C@H]1C. The van der Waals surface area contributed by atoms with E-state index in [0.717, 1.165) is 6.54 Å². The Hall–Kier alpha value is -2.63. The molecular formula is C22H32N4O6S. The van der Waals surface area contributed by atoms with Crippen molar-refractivity contribution in [2.45, 2.75) is 44.7 Å². The fourth-order valence-electron chi connectivity index (χ4n) is 3.79. The van der Waals surface area contributed by atoms with Gasteiger partial charge in [-0.2, -0.15) is 0 Å². The van der Waals surface area contributed by atoms with Gasteiger partial charge in [0.15, 0.2) is 10.7 Å². The summed E-state index contributed by atoms with van der Waals surface area (Å²) in [5.41, 5.74) is 0.743. The number of likely N-dealkylation sites (N-methyl/N-ethyl adjacent to an activating group) is 1. The van der Waals surface area contributed by atoms with Crippen LogP contribution in [-0.2, 0) is 14.8 Å². The quantitative estimate of drug-likeness (QED) is 0.683. The second-order valence-corrected chi connectivity index (χ2v) is 10.1. The Morgan fingerprint density at radius 2 is 2.00 bits per heavy atom. The van der Waals surface area contributed by atoms with Crippen molar-refractivity contribution in [1.82, 2.24) is 15.4 Å². The molecule has 1 amide bonds. The molecule has 0 saturated carbocycles. The zero-order valence-electron chi connectivity index (χ0n) is 19.8. The molecule has 1 aromatic heterocycles. The normalized spacial score (nSPS) is 22.7. The minimum absolute atomic E-state index is 0.0215. The summed E-state index contributed by atoms with van der Waals surface area (Å²) in [6.07, 6.45) is -0.163. The molecule has 2 heterocycles. The lowest BCUT2D eigenvalue weighted by Crippen LogP contribution is -2.44. The number of nitrogens with one attached hydrogen (secondary N) is 2. The van der Waals surface area contributed by atoms with E-state index in [1.807, 2.05) is 6.92 Å². The maximum absolute atomic E-state index is 13.3. The second kappa shape index (κ2) is 10.1. The number of rotatable bonds is 4. The molecule has 1 aromatic carbocycles. The van der Waals surface area contributed by atoms with Crippen LogP contribution in [0.3, 0.4) is 0 Å². The van der Waals surface area contributed by atoms with E-state index in [-0.39, 0.29) is 51.6 Å². The summed E-state index contributed by atoms with van der Waals surface area (Å²) in [7, 11) is -0.639. The number of fused-ring (bicyclic) bond motifs is 1. The van der Waals surface area contributed by atoms with E-state index in [1.165, 1.54) is 13.0 Å². The number of aromatic nitrogens is 1. The summed E-state index contributed by atoms with van der Waals surface area (Å²) < 4.78 is 44.9. The van der Waals surface area contributed by atoms with E-state index >= 15 is 0 Å². The summed E-state index contributed by atoms with van der Waals surface area (Å²) in [5, 5.41) is 7.14. The van der Waals surface area contributed by atoms with Crippen molar-refractivity contribution in [2.75, 3.05) is 38.6 Å². The Bertz CT molecular complexity index is 1080. The fraction of sp³-hybridized carbons (Fsp3) is 0.545. The van der Waals surface area contributed by atoms with Gasteiger partial charge in [0.25, 0.3) is 15.9 Å². The fourth-order valence-corrected chi connectivity index (χ4v) is 5.17. The Kier molecular flexibility index (Phi) is 7.65. The van der Waals surface area contributed by atoms with Crippen molar-refractivity contribution >= 4 is 21.6 Å². The molecule has 0 aliphatic carbocycles. The molecule has 0 fully saturated rings. The van der Waals surface area contributed by atoms with Gasteiger partial charge in [0.1, 0.15) is 18.1 Å². The first-order valence-corrected chi connectivity index (χ1v) is 12.3. The van der Waals surface area contributed by atoms with E-state index < -0.39 is 10.0 Å². The molecular weight excluding hydrogens is 448 g/mol. The maximum atomic E-state index is 13.3. The van der Waals surface area contributed by atoms with E-state index in [2.05, 4.69) is 22.1 Å². The number of nitrogens with zero attached hydrogens (tertiary/aromatic N) is 2. The van der Waals surface area contributed by atoms with Gasteiger partial charge in [-0.3, -0.25) is 9.52 Å². The summed E-state index contributed by atoms with van der Waals surface area (Å²) in [5.74, 6) is 0.439. The lowest BCUT2D eigenvalue weighted by Gasteiger charge is -2.30. The summed E-state index contributed by atoms with van der Waals surface area (Å²) in [6.45, 7) is 8.59. The molecule has 0 spiro atoms. The van der Waals surface area contributed by atoms with Gasteiger partial charge in [0, 0.05) is 39.0 Å². The molecule has 3 atom stereocenters. The van der Waals surface area contributed by atoms with E-state index in [0.29, 0.717) is 18.9 Å². The monoisotopic (exact) mass is 480 g/mol. The Morgan fingerprint density at radius 1 is 1.27 bits per heavy atom. The van der Waals surface area contributed by atoms with E-state index in [9.17, 15) is 13.2 Å². The number of sulfonamides is 1. The molecule has 11 heteroatoms. The van der Waals surface area contributed by atoms with Gasteiger partial charge in [0.2, 0.25) is 0 Å². The number of carbonyl (C=O) groups excluding carboxylic acids is 1. The summed E-state index contributed by atoms with van der Waals surface area (Å²) in [4.78, 5) is 14.9. The highest BCUT2D eigenvalue weighted by Gasteiger charge is 2.27. The third-order valence-corrected chi connectivity index (χ3v) is 7.34. The van der Waals surface area contributed by atoms with Crippen molar-refractivity contribution in [1.29, 1.82) is 0 Å². The molecule has 2 N–H and O–H groups in total. The lowest BCUT2D eigenvalue weighted by molar-refractivity contribution is 0.0281. The molecule has 10 nitrogen and oxygen atoms in total. The van der Waals surface area contributed by atoms with Crippen LogP contribution in [0.5, 0.6) is 5.75 Å². The molecule has 0 unspecified atom stereocenters. The molecule has 182 valence electrons. The van der Waals surface area contributed by atoms with Crippen LogP contribution in [0.25, 0.3) is 0 Å². The maximum Gasteiger partial charge on any atom is 0.267 e. The zero-order chi connectivity index (χ0) is 24.3. The third kappa shape index (κ3) is 5.66. The second-order valence-electron chi connectivity index (χ2n) is 8.53. The predicted octanol–water partition coefficient (Wildman–Crippen LogP) is 2.19. The number of carbonyl (C=O) groups is 1. The van der Waals surface area contributed by atoms with E-state index in [4.69, 9.17) is 14.0 Å². The molecule has 0 bridgehead atoms.